The zero-order valence-electron chi connectivity index (χ0n) is 12.4. The molecule has 2 N–H and O–H groups in total. The number of carbonyl (C=O) groups is 1. The Bertz CT molecular complexity index is 1030. The zero-order valence-corrected chi connectivity index (χ0v) is 13.2. The van der Waals surface area contributed by atoms with E-state index in [0.29, 0.717) is 17.4 Å². The number of hydrogen-bond donors (Lipinski definition) is 2. The van der Waals surface area contributed by atoms with Gasteiger partial charge >= 0.3 is 5.97 Å². The minimum Gasteiger partial charge on any atom is -0.478 e. The van der Waals surface area contributed by atoms with Gasteiger partial charge in [-0.25, -0.2) is 4.79 Å². The van der Waals surface area contributed by atoms with Gasteiger partial charge in [0.2, 0.25) is 0 Å². The smallest absolute Gasteiger partial charge is 0.335 e. The lowest BCUT2D eigenvalue weighted by atomic mass is 10.1. The van der Waals surface area contributed by atoms with Crippen molar-refractivity contribution < 1.29 is 9.90 Å². The van der Waals surface area contributed by atoms with E-state index in [-0.39, 0.29) is 15.9 Å². The molecule has 23 heavy (non-hydrogen) atoms. The van der Waals surface area contributed by atoms with Crippen LogP contribution in [0.5, 0.6) is 0 Å². The molecule has 0 saturated carbocycles. The minimum absolute atomic E-state index is 0.110. The normalized spacial score (nSPS) is 10.8. The summed E-state index contributed by atoms with van der Waals surface area (Å²) in [5.74, 6) is -1.05. The summed E-state index contributed by atoms with van der Waals surface area (Å²) in [5, 5.41) is 9.45. The van der Waals surface area contributed by atoms with E-state index in [1.54, 1.807) is 0 Å². The van der Waals surface area contributed by atoms with Gasteiger partial charge in [0.1, 0.15) is 0 Å². The lowest BCUT2D eigenvalue weighted by Crippen LogP contribution is -2.23. The molecule has 0 spiro atoms. The van der Waals surface area contributed by atoms with E-state index in [0.717, 1.165) is 11.1 Å². The fourth-order valence-corrected chi connectivity index (χ4v) is 2.78. The second-order valence-electron chi connectivity index (χ2n) is 5.38. The van der Waals surface area contributed by atoms with Gasteiger partial charge in [-0.05, 0) is 42.9 Å². The Labute approximate surface area is 136 Å². The van der Waals surface area contributed by atoms with Crippen LogP contribution in [-0.4, -0.2) is 20.6 Å². The highest BCUT2D eigenvalue weighted by atomic mass is 32.1. The van der Waals surface area contributed by atoms with Crippen molar-refractivity contribution in [1.82, 2.24) is 9.55 Å². The van der Waals surface area contributed by atoms with Gasteiger partial charge in [-0.15, -0.1) is 0 Å². The largest absolute Gasteiger partial charge is 0.478 e. The summed E-state index contributed by atoms with van der Waals surface area (Å²) in [6.07, 6.45) is 0. The van der Waals surface area contributed by atoms with Gasteiger partial charge < -0.3 is 10.1 Å². The molecule has 0 unspecified atom stereocenters. The van der Waals surface area contributed by atoms with Crippen molar-refractivity contribution in [3.63, 3.8) is 0 Å². The second-order valence-corrected chi connectivity index (χ2v) is 5.76. The monoisotopic (exact) mass is 326 g/mol. The van der Waals surface area contributed by atoms with E-state index in [1.165, 1.54) is 22.8 Å². The van der Waals surface area contributed by atoms with E-state index >= 15 is 0 Å². The number of rotatable bonds is 3. The minimum atomic E-state index is -1.05. The molecule has 3 aromatic rings. The van der Waals surface area contributed by atoms with Crippen LogP contribution in [0.1, 0.15) is 21.5 Å². The molecule has 0 aliphatic carbocycles. The predicted octanol–water partition coefficient (Wildman–Crippen LogP) is 3.11. The molecule has 0 fully saturated rings. The molecule has 0 aliphatic heterocycles. The summed E-state index contributed by atoms with van der Waals surface area (Å²) in [6.45, 7) is 2.35. The number of fused-ring (bicyclic) bond motifs is 1. The molecule has 116 valence electrons. The van der Waals surface area contributed by atoms with Gasteiger partial charge in [0.05, 0.1) is 23.0 Å². The Hall–Kier alpha value is -2.73. The van der Waals surface area contributed by atoms with Crippen LogP contribution in [0.3, 0.4) is 0 Å². The Morgan fingerprint density at radius 2 is 2.04 bits per heavy atom. The molecule has 0 saturated heterocycles. The highest BCUT2D eigenvalue weighted by Crippen LogP contribution is 2.12. The first-order valence-corrected chi connectivity index (χ1v) is 7.42. The zero-order chi connectivity index (χ0) is 16.6. The topological polar surface area (TPSA) is 75.1 Å². The number of carboxylic acid groups (broad SMARTS) is 1. The Morgan fingerprint density at radius 1 is 1.26 bits per heavy atom. The average Bonchev–Trinajstić information content (AvgIpc) is 2.51. The molecule has 6 heteroatoms. The maximum absolute atomic E-state index is 12.6. The highest BCUT2D eigenvalue weighted by Gasteiger charge is 2.09. The van der Waals surface area contributed by atoms with Gasteiger partial charge in [-0.3, -0.25) is 9.36 Å². The van der Waals surface area contributed by atoms with Crippen molar-refractivity contribution in [2.75, 3.05) is 0 Å². The Morgan fingerprint density at radius 3 is 2.74 bits per heavy atom. The molecule has 5 nitrogen and oxygen atoms in total. The molecule has 0 atom stereocenters. The third kappa shape index (κ3) is 2.93. The van der Waals surface area contributed by atoms with Crippen molar-refractivity contribution in [1.29, 1.82) is 0 Å². The number of aromatic nitrogens is 2. The quantitative estimate of drug-likeness (QED) is 0.725. The SMILES string of the molecule is Cc1cccc(Cn2c(=S)[nH]c3cc(C(=O)O)ccc3c2=O)c1. The maximum atomic E-state index is 12.6. The Kier molecular flexibility index (Phi) is 3.83. The number of H-pyrrole nitrogens is 1. The first-order valence-electron chi connectivity index (χ1n) is 7.01. The summed E-state index contributed by atoms with van der Waals surface area (Å²) >= 11 is 5.27. The summed E-state index contributed by atoms with van der Waals surface area (Å²) in [4.78, 5) is 26.6. The van der Waals surface area contributed by atoms with Crippen LogP contribution in [-0.2, 0) is 6.54 Å². The van der Waals surface area contributed by atoms with Gasteiger partial charge in [-0.1, -0.05) is 29.8 Å². The molecular formula is C17H14N2O3S. The number of benzene rings is 2. The number of hydrogen-bond acceptors (Lipinski definition) is 3. The van der Waals surface area contributed by atoms with Crippen LogP contribution in [0, 0.1) is 11.7 Å². The van der Waals surface area contributed by atoms with Crippen LogP contribution >= 0.6 is 12.2 Å². The van der Waals surface area contributed by atoms with Crippen molar-refractivity contribution >= 4 is 29.1 Å². The van der Waals surface area contributed by atoms with Crippen LogP contribution in [0.15, 0.2) is 47.3 Å². The standard InChI is InChI=1S/C17H14N2O3S/c1-10-3-2-4-11(7-10)9-19-15(20)13-6-5-12(16(21)22)8-14(13)18-17(19)23/h2-8H,9H2,1H3,(H,18,23)(H,21,22). The average molecular weight is 326 g/mol. The van der Waals surface area contributed by atoms with Gasteiger partial charge in [-0.2, -0.15) is 0 Å². The molecule has 1 heterocycles. The fourth-order valence-electron chi connectivity index (χ4n) is 2.52. The van der Waals surface area contributed by atoms with E-state index in [1.807, 2.05) is 31.2 Å². The number of nitrogens with zero attached hydrogens (tertiary/aromatic N) is 1. The third-order valence-electron chi connectivity index (χ3n) is 3.65. The van der Waals surface area contributed by atoms with Gasteiger partial charge in [0.15, 0.2) is 4.77 Å². The first-order chi connectivity index (χ1) is 11.0. The van der Waals surface area contributed by atoms with Gasteiger partial charge in [0, 0.05) is 0 Å². The van der Waals surface area contributed by atoms with Crippen molar-refractivity contribution in [2.45, 2.75) is 13.5 Å². The molecule has 0 bridgehead atoms. The van der Waals surface area contributed by atoms with Crippen molar-refractivity contribution in [2.24, 2.45) is 0 Å². The summed E-state index contributed by atoms with van der Waals surface area (Å²) in [5.41, 5.74) is 2.40. The van der Waals surface area contributed by atoms with Crippen molar-refractivity contribution in [3.8, 4) is 0 Å². The molecule has 2 aromatic carbocycles. The van der Waals surface area contributed by atoms with E-state index < -0.39 is 5.97 Å². The number of carboxylic acids is 1. The Balaban J connectivity index is 2.15. The van der Waals surface area contributed by atoms with Crippen LogP contribution in [0.4, 0.5) is 0 Å². The summed E-state index contributed by atoms with van der Waals surface area (Å²) < 4.78 is 1.75. The predicted molar refractivity (Wildman–Crippen MR) is 90.6 cm³/mol. The van der Waals surface area contributed by atoms with E-state index in [4.69, 9.17) is 17.3 Å². The molecular weight excluding hydrogens is 312 g/mol. The number of aryl methyl sites for hydroxylation is 1. The van der Waals surface area contributed by atoms with E-state index in [2.05, 4.69) is 4.98 Å². The van der Waals surface area contributed by atoms with Gasteiger partial charge in [0.25, 0.3) is 5.56 Å². The summed E-state index contributed by atoms with van der Waals surface area (Å²) in [7, 11) is 0. The van der Waals surface area contributed by atoms with Crippen LogP contribution < -0.4 is 5.56 Å². The lowest BCUT2D eigenvalue weighted by molar-refractivity contribution is 0.0697. The second kappa shape index (κ2) is 5.81. The number of aromatic carboxylic acids is 1. The molecule has 0 amide bonds. The van der Waals surface area contributed by atoms with Crippen molar-refractivity contribution in [3.05, 3.63) is 74.3 Å². The number of aromatic amines is 1. The fraction of sp³-hybridized carbons (Fsp3) is 0.118. The third-order valence-corrected chi connectivity index (χ3v) is 3.97. The van der Waals surface area contributed by atoms with Crippen LogP contribution in [0.2, 0.25) is 0 Å². The molecule has 3 rings (SSSR count). The number of nitrogens with one attached hydrogen (secondary N) is 1. The first kappa shape index (κ1) is 15.2. The lowest BCUT2D eigenvalue weighted by Gasteiger charge is -2.09. The molecule has 0 aliphatic rings. The summed E-state index contributed by atoms with van der Waals surface area (Å²) in [6, 6.07) is 12.2. The van der Waals surface area contributed by atoms with E-state index in [9.17, 15) is 9.59 Å². The molecule has 1 aromatic heterocycles. The molecule has 0 radical (unpaired) electrons. The highest BCUT2D eigenvalue weighted by molar-refractivity contribution is 7.71. The maximum Gasteiger partial charge on any atom is 0.335 e. The van der Waals surface area contributed by atoms with Crippen LogP contribution in [0.25, 0.3) is 10.9 Å².